The summed E-state index contributed by atoms with van der Waals surface area (Å²) in [5, 5.41) is 2.92. The van der Waals surface area contributed by atoms with Gasteiger partial charge in [0.25, 0.3) is 5.91 Å². The first-order valence-corrected chi connectivity index (χ1v) is 10.5. The van der Waals surface area contributed by atoms with Crippen LogP contribution in [0.5, 0.6) is 0 Å². The van der Waals surface area contributed by atoms with E-state index in [4.69, 9.17) is 16.3 Å². The first kappa shape index (κ1) is 21.4. The predicted octanol–water partition coefficient (Wildman–Crippen LogP) is 1.93. The van der Waals surface area contributed by atoms with Crippen molar-refractivity contribution < 1.29 is 14.3 Å². The number of nitrogens with zero attached hydrogens (tertiary/aromatic N) is 4. The summed E-state index contributed by atoms with van der Waals surface area (Å²) in [4.78, 5) is 37.0. The largest absolute Gasteiger partial charge is 0.378 e. The third-order valence-electron chi connectivity index (χ3n) is 5.71. The molecule has 1 N–H and O–H groups in total. The lowest BCUT2D eigenvalue weighted by Crippen LogP contribution is -2.58. The fourth-order valence-electron chi connectivity index (χ4n) is 3.97. The maximum absolute atomic E-state index is 12.3. The summed E-state index contributed by atoms with van der Waals surface area (Å²) in [5.41, 5.74) is 2.65. The summed E-state index contributed by atoms with van der Waals surface area (Å²) in [7, 11) is 1.56. The van der Waals surface area contributed by atoms with Crippen molar-refractivity contribution in [1.29, 1.82) is 0 Å². The molecule has 0 bridgehead atoms. The second kappa shape index (κ2) is 9.13. The third-order valence-corrected chi connectivity index (χ3v) is 5.91. The number of carbonyl (C=O) groups is 2. The van der Waals surface area contributed by atoms with Crippen molar-refractivity contribution in [3.63, 3.8) is 0 Å². The Labute approximate surface area is 185 Å². The molecule has 0 aliphatic carbocycles. The number of amides is 2. The van der Waals surface area contributed by atoms with E-state index in [1.54, 1.807) is 30.3 Å². The lowest BCUT2D eigenvalue weighted by atomic mass is 9.98. The summed E-state index contributed by atoms with van der Waals surface area (Å²) in [5.74, 6) is -0.356. The second-order valence-corrected chi connectivity index (χ2v) is 7.94. The van der Waals surface area contributed by atoms with Crippen molar-refractivity contribution in [2.75, 3.05) is 39.9 Å². The zero-order chi connectivity index (χ0) is 22.0. The summed E-state index contributed by atoms with van der Waals surface area (Å²) in [6.45, 7) is 6.88. The van der Waals surface area contributed by atoms with Crippen LogP contribution in [0, 0.1) is 0 Å². The van der Waals surface area contributed by atoms with Crippen LogP contribution in [-0.2, 0) is 9.53 Å². The van der Waals surface area contributed by atoms with Gasteiger partial charge in [-0.15, -0.1) is 0 Å². The smallest absolute Gasteiger partial charge is 0.269 e. The van der Waals surface area contributed by atoms with Gasteiger partial charge in [-0.3, -0.25) is 19.5 Å². The SMILES string of the molecule is C=CC(=O)N1CCN(C2COC2)[C@@H](c2cc(Cl)nc(-c3ccnc(C(=O)NC)c3)c2)C1. The molecule has 2 aliphatic rings. The van der Waals surface area contributed by atoms with Gasteiger partial charge in [-0.25, -0.2) is 4.98 Å². The highest BCUT2D eigenvalue weighted by Crippen LogP contribution is 2.33. The van der Waals surface area contributed by atoms with Crippen LogP contribution < -0.4 is 5.32 Å². The molecular weight excluding hydrogens is 418 g/mol. The van der Waals surface area contributed by atoms with Gasteiger partial charge in [-0.05, 0) is 35.9 Å². The van der Waals surface area contributed by atoms with Crippen molar-refractivity contribution in [2.45, 2.75) is 12.1 Å². The van der Waals surface area contributed by atoms with Crippen molar-refractivity contribution >= 4 is 23.4 Å². The van der Waals surface area contributed by atoms with Crippen molar-refractivity contribution in [2.24, 2.45) is 0 Å². The molecule has 8 nitrogen and oxygen atoms in total. The van der Waals surface area contributed by atoms with Crippen LogP contribution in [0.25, 0.3) is 11.3 Å². The second-order valence-electron chi connectivity index (χ2n) is 7.55. The molecule has 2 saturated heterocycles. The molecule has 162 valence electrons. The molecule has 2 fully saturated rings. The predicted molar refractivity (Wildman–Crippen MR) is 117 cm³/mol. The number of halogens is 1. The molecule has 9 heteroatoms. The summed E-state index contributed by atoms with van der Waals surface area (Å²) >= 11 is 6.40. The Hall–Kier alpha value is -2.81. The van der Waals surface area contributed by atoms with Gasteiger partial charge < -0.3 is 15.0 Å². The van der Waals surface area contributed by atoms with Gasteiger partial charge in [-0.2, -0.15) is 0 Å². The summed E-state index contributed by atoms with van der Waals surface area (Å²) in [6, 6.07) is 7.54. The number of pyridine rings is 2. The molecule has 2 aromatic rings. The minimum Gasteiger partial charge on any atom is -0.378 e. The van der Waals surface area contributed by atoms with E-state index in [1.165, 1.54) is 6.08 Å². The van der Waals surface area contributed by atoms with Gasteiger partial charge in [0, 0.05) is 38.4 Å². The third kappa shape index (κ3) is 4.46. The van der Waals surface area contributed by atoms with E-state index < -0.39 is 0 Å². The van der Waals surface area contributed by atoms with Gasteiger partial charge in [-0.1, -0.05) is 18.2 Å². The van der Waals surface area contributed by atoms with Crippen molar-refractivity contribution in [3.05, 3.63) is 59.5 Å². The van der Waals surface area contributed by atoms with Crippen LogP contribution in [0.2, 0.25) is 5.15 Å². The Morgan fingerprint density at radius 3 is 2.77 bits per heavy atom. The van der Waals surface area contributed by atoms with E-state index in [1.807, 2.05) is 12.1 Å². The van der Waals surface area contributed by atoms with Gasteiger partial charge in [0.1, 0.15) is 10.8 Å². The van der Waals surface area contributed by atoms with Crippen molar-refractivity contribution in [3.8, 4) is 11.3 Å². The maximum atomic E-state index is 12.3. The average Bonchev–Trinajstić information content (AvgIpc) is 2.76. The zero-order valence-corrected chi connectivity index (χ0v) is 18.0. The van der Waals surface area contributed by atoms with E-state index >= 15 is 0 Å². The Kier molecular flexibility index (Phi) is 6.31. The van der Waals surface area contributed by atoms with E-state index in [2.05, 4.69) is 26.8 Å². The molecule has 0 saturated carbocycles. The molecule has 0 unspecified atom stereocenters. The Balaban J connectivity index is 1.70. The van der Waals surface area contributed by atoms with Gasteiger partial charge in [0.2, 0.25) is 5.91 Å². The minimum absolute atomic E-state index is 0.0500. The minimum atomic E-state index is -0.272. The molecule has 0 aromatic carbocycles. The van der Waals surface area contributed by atoms with Crippen LogP contribution in [0.3, 0.4) is 0 Å². The fraction of sp³-hybridized carbons (Fsp3) is 0.364. The molecule has 1 atom stereocenters. The highest BCUT2D eigenvalue weighted by atomic mass is 35.5. The van der Waals surface area contributed by atoms with Crippen LogP contribution in [-0.4, -0.2) is 77.5 Å². The molecule has 0 spiro atoms. The lowest BCUT2D eigenvalue weighted by molar-refractivity contribution is -0.134. The van der Waals surface area contributed by atoms with E-state index in [-0.39, 0.29) is 17.9 Å². The zero-order valence-electron chi connectivity index (χ0n) is 17.3. The van der Waals surface area contributed by atoms with Gasteiger partial charge in [0.05, 0.1) is 31.0 Å². The van der Waals surface area contributed by atoms with Crippen LogP contribution in [0.4, 0.5) is 0 Å². The molecule has 4 rings (SSSR count). The first-order chi connectivity index (χ1) is 15.0. The number of ether oxygens (including phenoxy) is 1. The van der Waals surface area contributed by atoms with Gasteiger partial charge in [0.15, 0.2) is 0 Å². The maximum Gasteiger partial charge on any atom is 0.269 e. The lowest BCUT2D eigenvalue weighted by Gasteiger charge is -2.47. The summed E-state index contributed by atoms with van der Waals surface area (Å²) < 4.78 is 5.41. The van der Waals surface area contributed by atoms with Crippen molar-refractivity contribution in [1.82, 2.24) is 25.1 Å². The Morgan fingerprint density at radius 2 is 2.10 bits per heavy atom. The molecular formula is C22H24ClN5O3. The fourth-order valence-corrected chi connectivity index (χ4v) is 4.19. The highest BCUT2D eigenvalue weighted by Gasteiger charge is 2.37. The number of carbonyl (C=O) groups excluding carboxylic acids is 2. The first-order valence-electron chi connectivity index (χ1n) is 10.1. The number of piperazine rings is 1. The van der Waals surface area contributed by atoms with Crippen LogP contribution in [0.1, 0.15) is 22.1 Å². The quantitative estimate of drug-likeness (QED) is 0.563. The Morgan fingerprint density at radius 1 is 1.29 bits per heavy atom. The number of hydrogen-bond donors (Lipinski definition) is 1. The van der Waals surface area contributed by atoms with E-state index in [0.29, 0.717) is 48.9 Å². The standard InChI is InChI=1S/C22H24ClN5O3/c1-3-21(29)27-6-7-28(16-12-31-13-16)19(11-27)15-9-17(26-20(23)10-15)14-4-5-25-18(8-14)22(30)24-2/h3-5,8-10,16,19H,1,6-7,11-13H2,2H3,(H,24,30)/t19-/m1/s1. The molecule has 2 aliphatic heterocycles. The van der Waals surface area contributed by atoms with Gasteiger partial charge >= 0.3 is 0 Å². The summed E-state index contributed by atoms with van der Waals surface area (Å²) in [6.07, 6.45) is 2.92. The molecule has 0 radical (unpaired) electrons. The van der Waals surface area contributed by atoms with Crippen LogP contribution in [0.15, 0.2) is 43.1 Å². The van der Waals surface area contributed by atoms with E-state index in [9.17, 15) is 9.59 Å². The molecule has 2 aromatic heterocycles. The van der Waals surface area contributed by atoms with Crippen LogP contribution >= 0.6 is 11.6 Å². The molecule has 4 heterocycles. The number of hydrogen-bond acceptors (Lipinski definition) is 6. The monoisotopic (exact) mass is 441 g/mol. The number of nitrogens with one attached hydrogen (secondary N) is 1. The topological polar surface area (TPSA) is 87.7 Å². The highest BCUT2D eigenvalue weighted by molar-refractivity contribution is 6.29. The van der Waals surface area contributed by atoms with E-state index in [0.717, 1.165) is 17.7 Å². The Bertz CT molecular complexity index is 1010. The normalized spacial score (nSPS) is 19.5. The number of aromatic nitrogens is 2. The molecule has 31 heavy (non-hydrogen) atoms. The molecule has 2 amide bonds. The number of rotatable bonds is 5. The average molecular weight is 442 g/mol.